The summed E-state index contributed by atoms with van der Waals surface area (Å²) in [5, 5.41) is 7.81. The fraction of sp³-hybridized carbons (Fsp3) is 0.188. The molecule has 3 aromatic rings. The van der Waals surface area contributed by atoms with Crippen molar-refractivity contribution in [1.82, 2.24) is 19.7 Å². The fourth-order valence-electron chi connectivity index (χ4n) is 2.29. The van der Waals surface area contributed by atoms with Crippen molar-refractivity contribution >= 4 is 0 Å². The molecule has 0 aliphatic carbocycles. The lowest BCUT2D eigenvalue weighted by Gasteiger charge is -2.07. The van der Waals surface area contributed by atoms with E-state index in [1.54, 1.807) is 0 Å². The van der Waals surface area contributed by atoms with Gasteiger partial charge in [0.1, 0.15) is 0 Å². The Morgan fingerprint density at radius 2 is 1.85 bits per heavy atom. The van der Waals surface area contributed by atoms with Crippen molar-refractivity contribution < 1.29 is 0 Å². The maximum atomic E-state index is 4.63. The predicted octanol–water partition coefficient (Wildman–Crippen LogP) is 2.44. The van der Waals surface area contributed by atoms with Crippen molar-refractivity contribution in [2.75, 3.05) is 7.05 Å². The zero-order chi connectivity index (χ0) is 13.8. The summed E-state index contributed by atoms with van der Waals surface area (Å²) in [6.07, 6.45) is 4.10. The first kappa shape index (κ1) is 12.7. The number of hydrogen-bond donors (Lipinski definition) is 1. The van der Waals surface area contributed by atoms with Crippen LogP contribution in [0.1, 0.15) is 11.4 Å². The molecule has 4 nitrogen and oxygen atoms in total. The minimum atomic E-state index is 0.795. The summed E-state index contributed by atoms with van der Waals surface area (Å²) in [6.45, 7) is 1.66. The Labute approximate surface area is 118 Å². The fourth-order valence-corrected chi connectivity index (χ4v) is 2.29. The third-order valence-corrected chi connectivity index (χ3v) is 3.28. The molecule has 0 saturated carbocycles. The van der Waals surface area contributed by atoms with Gasteiger partial charge in [0.25, 0.3) is 0 Å². The van der Waals surface area contributed by atoms with Gasteiger partial charge in [-0.3, -0.25) is 0 Å². The van der Waals surface area contributed by atoms with Crippen LogP contribution in [0.4, 0.5) is 0 Å². The Balaban J connectivity index is 1.79. The molecule has 0 saturated heterocycles. The molecule has 0 amide bonds. The Kier molecular flexibility index (Phi) is 3.65. The third kappa shape index (κ3) is 2.65. The van der Waals surface area contributed by atoms with E-state index in [0.717, 1.165) is 24.5 Å². The Morgan fingerprint density at radius 3 is 2.65 bits per heavy atom. The van der Waals surface area contributed by atoms with E-state index in [1.807, 2.05) is 36.1 Å². The summed E-state index contributed by atoms with van der Waals surface area (Å²) >= 11 is 0. The second kappa shape index (κ2) is 5.75. The third-order valence-electron chi connectivity index (χ3n) is 3.28. The van der Waals surface area contributed by atoms with E-state index in [9.17, 15) is 0 Å². The molecule has 2 heterocycles. The molecule has 0 aliphatic rings. The molecule has 102 valence electrons. The minimum Gasteiger partial charge on any atom is -0.344 e. The molecule has 0 atom stereocenters. The van der Waals surface area contributed by atoms with Crippen LogP contribution in [0.2, 0.25) is 0 Å². The Hall–Kier alpha value is -2.33. The Bertz CT molecular complexity index is 667. The number of nitrogens with one attached hydrogen (secondary N) is 1. The van der Waals surface area contributed by atoms with E-state index in [1.165, 1.54) is 5.69 Å². The maximum absolute atomic E-state index is 4.63. The van der Waals surface area contributed by atoms with Gasteiger partial charge in [0, 0.05) is 24.6 Å². The van der Waals surface area contributed by atoms with Gasteiger partial charge in [0.2, 0.25) is 0 Å². The summed E-state index contributed by atoms with van der Waals surface area (Å²) in [4.78, 5) is 0. The van der Waals surface area contributed by atoms with Crippen LogP contribution in [0, 0.1) is 0 Å². The molecule has 0 spiro atoms. The SMILES string of the molecule is CNCc1cccn1Cc1ccn(-c2ccccc2)n1. The summed E-state index contributed by atoms with van der Waals surface area (Å²) in [5.41, 5.74) is 3.41. The normalized spacial score (nSPS) is 10.8. The minimum absolute atomic E-state index is 0.795. The van der Waals surface area contributed by atoms with Crippen molar-refractivity contribution in [2.24, 2.45) is 0 Å². The second-order valence-corrected chi connectivity index (χ2v) is 4.74. The lowest BCUT2D eigenvalue weighted by Crippen LogP contribution is -2.11. The van der Waals surface area contributed by atoms with Crippen molar-refractivity contribution in [3.8, 4) is 5.69 Å². The van der Waals surface area contributed by atoms with Crippen LogP contribution in [-0.4, -0.2) is 21.4 Å². The van der Waals surface area contributed by atoms with Gasteiger partial charge >= 0.3 is 0 Å². The average Bonchev–Trinajstić information content (AvgIpc) is 3.11. The Morgan fingerprint density at radius 1 is 1.00 bits per heavy atom. The molecular formula is C16H18N4. The molecule has 1 N–H and O–H groups in total. The van der Waals surface area contributed by atoms with Gasteiger partial charge in [0.15, 0.2) is 0 Å². The van der Waals surface area contributed by atoms with Crippen LogP contribution in [-0.2, 0) is 13.1 Å². The van der Waals surface area contributed by atoms with Gasteiger partial charge in [-0.1, -0.05) is 18.2 Å². The van der Waals surface area contributed by atoms with Gasteiger partial charge in [-0.15, -0.1) is 0 Å². The molecule has 1 aromatic carbocycles. The first-order valence-corrected chi connectivity index (χ1v) is 6.75. The topological polar surface area (TPSA) is 34.8 Å². The smallest absolute Gasteiger partial charge is 0.0826 e. The molecular weight excluding hydrogens is 248 g/mol. The van der Waals surface area contributed by atoms with Crippen LogP contribution in [0.25, 0.3) is 5.69 Å². The van der Waals surface area contributed by atoms with Crippen LogP contribution in [0.3, 0.4) is 0 Å². The molecule has 0 unspecified atom stereocenters. The number of hydrogen-bond acceptors (Lipinski definition) is 2. The molecule has 3 rings (SSSR count). The highest BCUT2D eigenvalue weighted by molar-refractivity contribution is 5.30. The van der Waals surface area contributed by atoms with Crippen LogP contribution >= 0.6 is 0 Å². The highest BCUT2D eigenvalue weighted by Gasteiger charge is 2.04. The van der Waals surface area contributed by atoms with E-state index in [4.69, 9.17) is 0 Å². The molecule has 2 aromatic heterocycles. The van der Waals surface area contributed by atoms with E-state index in [2.05, 4.69) is 51.5 Å². The van der Waals surface area contributed by atoms with E-state index in [-0.39, 0.29) is 0 Å². The van der Waals surface area contributed by atoms with Crippen LogP contribution in [0.15, 0.2) is 60.9 Å². The largest absolute Gasteiger partial charge is 0.344 e. The molecule has 20 heavy (non-hydrogen) atoms. The molecule has 0 bridgehead atoms. The lowest BCUT2D eigenvalue weighted by molar-refractivity contribution is 0.677. The van der Waals surface area contributed by atoms with Crippen molar-refractivity contribution in [1.29, 1.82) is 0 Å². The predicted molar refractivity (Wildman–Crippen MR) is 79.9 cm³/mol. The number of benzene rings is 1. The second-order valence-electron chi connectivity index (χ2n) is 4.74. The number of nitrogens with zero attached hydrogens (tertiary/aromatic N) is 3. The monoisotopic (exact) mass is 266 g/mol. The highest BCUT2D eigenvalue weighted by Crippen LogP contribution is 2.10. The van der Waals surface area contributed by atoms with Gasteiger partial charge in [0.05, 0.1) is 17.9 Å². The molecule has 0 radical (unpaired) electrons. The van der Waals surface area contributed by atoms with Crippen LogP contribution < -0.4 is 5.32 Å². The van der Waals surface area contributed by atoms with Crippen molar-refractivity contribution in [3.05, 3.63) is 72.3 Å². The zero-order valence-electron chi connectivity index (χ0n) is 11.5. The van der Waals surface area contributed by atoms with E-state index in [0.29, 0.717) is 0 Å². The molecule has 0 aliphatic heterocycles. The summed E-state index contributed by atoms with van der Waals surface area (Å²) in [6, 6.07) is 16.4. The highest BCUT2D eigenvalue weighted by atomic mass is 15.3. The zero-order valence-corrected chi connectivity index (χ0v) is 11.5. The first-order valence-electron chi connectivity index (χ1n) is 6.75. The van der Waals surface area contributed by atoms with Crippen molar-refractivity contribution in [2.45, 2.75) is 13.1 Å². The maximum Gasteiger partial charge on any atom is 0.0826 e. The average molecular weight is 266 g/mol. The summed E-state index contributed by atoms with van der Waals surface area (Å²) < 4.78 is 4.13. The van der Waals surface area contributed by atoms with Gasteiger partial charge in [-0.05, 0) is 37.4 Å². The molecule has 4 heteroatoms. The number of para-hydroxylation sites is 1. The quantitative estimate of drug-likeness (QED) is 0.769. The molecule has 0 fully saturated rings. The van der Waals surface area contributed by atoms with E-state index >= 15 is 0 Å². The first-order chi connectivity index (χ1) is 9.86. The number of aromatic nitrogens is 3. The van der Waals surface area contributed by atoms with Crippen LogP contribution in [0.5, 0.6) is 0 Å². The number of rotatable bonds is 5. The van der Waals surface area contributed by atoms with Gasteiger partial charge in [-0.25, -0.2) is 4.68 Å². The van der Waals surface area contributed by atoms with E-state index < -0.39 is 0 Å². The van der Waals surface area contributed by atoms with Gasteiger partial charge < -0.3 is 9.88 Å². The van der Waals surface area contributed by atoms with Crippen molar-refractivity contribution in [3.63, 3.8) is 0 Å². The van der Waals surface area contributed by atoms with Gasteiger partial charge in [-0.2, -0.15) is 5.10 Å². The lowest BCUT2D eigenvalue weighted by atomic mass is 10.3. The standard InChI is InChI=1S/C16H18N4/c1-17-12-16-8-5-10-19(16)13-14-9-11-20(18-14)15-6-3-2-4-7-15/h2-11,17H,12-13H2,1H3. The summed E-state index contributed by atoms with van der Waals surface area (Å²) in [5.74, 6) is 0. The summed E-state index contributed by atoms with van der Waals surface area (Å²) in [7, 11) is 1.96.